The molecular weight excluding hydrogens is 222 g/mol. The molecule has 0 saturated heterocycles. The fraction of sp³-hybridized carbons (Fsp3) is 0.533. The average Bonchev–Trinajstić information content (AvgIpc) is 2.72. The molecule has 1 aromatic carbocycles. The van der Waals surface area contributed by atoms with E-state index in [4.69, 9.17) is 0 Å². The molecule has 98 valence electrons. The number of hydrogen-bond donors (Lipinski definition) is 2. The molecule has 0 bridgehead atoms. The van der Waals surface area contributed by atoms with Gasteiger partial charge in [-0.25, -0.2) is 0 Å². The summed E-state index contributed by atoms with van der Waals surface area (Å²) >= 11 is 0. The van der Waals surface area contributed by atoms with Crippen LogP contribution in [0.1, 0.15) is 38.8 Å². The predicted molar refractivity (Wildman–Crippen MR) is 76.9 cm³/mol. The molecule has 0 radical (unpaired) electrons. The highest BCUT2D eigenvalue weighted by Crippen LogP contribution is 2.22. The highest BCUT2D eigenvalue weighted by Gasteiger charge is 2.13. The summed E-state index contributed by atoms with van der Waals surface area (Å²) < 4.78 is 0. The summed E-state index contributed by atoms with van der Waals surface area (Å²) in [7, 11) is 0. The van der Waals surface area contributed by atoms with Crippen LogP contribution < -0.4 is 10.6 Å². The molecule has 0 fully saturated rings. The molecule has 0 aliphatic carbocycles. The smallest absolute Gasteiger partial charge is 0.191 e. The lowest BCUT2D eigenvalue weighted by Gasteiger charge is -2.19. The Hall–Kier alpha value is -1.51. The lowest BCUT2D eigenvalue weighted by Crippen LogP contribution is -2.37. The van der Waals surface area contributed by atoms with Crippen molar-refractivity contribution in [2.45, 2.75) is 45.7 Å². The number of hydrogen-bond acceptors (Lipinski definition) is 3. The molecule has 18 heavy (non-hydrogen) atoms. The van der Waals surface area contributed by atoms with E-state index in [1.165, 1.54) is 11.1 Å². The largest absolute Gasteiger partial charge is 0.352 e. The van der Waals surface area contributed by atoms with Crippen molar-refractivity contribution in [2.24, 2.45) is 4.99 Å². The van der Waals surface area contributed by atoms with Crippen LogP contribution in [0, 0.1) is 0 Å². The molecule has 3 heteroatoms. The van der Waals surface area contributed by atoms with Crippen LogP contribution in [-0.2, 0) is 12.0 Å². The van der Waals surface area contributed by atoms with E-state index < -0.39 is 0 Å². The second-order valence-corrected chi connectivity index (χ2v) is 6.04. The maximum atomic E-state index is 4.38. The van der Waals surface area contributed by atoms with E-state index in [-0.39, 0.29) is 5.41 Å². The Balaban J connectivity index is 1.91. The molecule has 1 heterocycles. The highest BCUT2D eigenvalue weighted by molar-refractivity contribution is 5.81. The van der Waals surface area contributed by atoms with Crippen LogP contribution in [0.4, 0.5) is 0 Å². The Morgan fingerprint density at radius 3 is 2.44 bits per heavy atom. The predicted octanol–water partition coefficient (Wildman–Crippen LogP) is 2.42. The lowest BCUT2D eigenvalue weighted by molar-refractivity contribution is 0.590. The van der Waals surface area contributed by atoms with Crippen molar-refractivity contribution in [1.82, 2.24) is 10.6 Å². The molecular formula is C15H23N3. The first kappa shape index (κ1) is 12.9. The first-order valence-corrected chi connectivity index (χ1v) is 6.59. The van der Waals surface area contributed by atoms with Crippen LogP contribution in [0.15, 0.2) is 29.3 Å². The maximum absolute atomic E-state index is 4.38. The first-order chi connectivity index (χ1) is 8.45. The SMILES string of the molecule is CC1CN=C(NCc2ccc(C(C)(C)C)cc2)N1. The van der Waals surface area contributed by atoms with Crippen LogP contribution in [0.5, 0.6) is 0 Å². The topological polar surface area (TPSA) is 36.4 Å². The van der Waals surface area contributed by atoms with Crippen LogP contribution in [0.3, 0.4) is 0 Å². The van der Waals surface area contributed by atoms with Crippen molar-refractivity contribution in [3.05, 3.63) is 35.4 Å². The quantitative estimate of drug-likeness (QED) is 0.839. The monoisotopic (exact) mass is 245 g/mol. The van der Waals surface area contributed by atoms with Crippen LogP contribution in [0.2, 0.25) is 0 Å². The fourth-order valence-corrected chi connectivity index (χ4v) is 1.97. The average molecular weight is 245 g/mol. The molecule has 2 N–H and O–H groups in total. The van der Waals surface area contributed by atoms with Gasteiger partial charge in [0.15, 0.2) is 5.96 Å². The lowest BCUT2D eigenvalue weighted by atomic mass is 9.87. The Bertz CT molecular complexity index is 426. The third-order valence-corrected chi connectivity index (χ3v) is 3.19. The maximum Gasteiger partial charge on any atom is 0.191 e. The summed E-state index contributed by atoms with van der Waals surface area (Å²) in [5, 5.41) is 6.62. The molecule has 0 aromatic heterocycles. The van der Waals surface area contributed by atoms with Crippen LogP contribution in [-0.4, -0.2) is 18.5 Å². The Kier molecular flexibility index (Phi) is 3.60. The van der Waals surface area contributed by atoms with E-state index in [0.717, 1.165) is 19.0 Å². The van der Waals surface area contributed by atoms with Gasteiger partial charge in [-0.05, 0) is 23.5 Å². The van der Waals surface area contributed by atoms with Crippen molar-refractivity contribution >= 4 is 5.96 Å². The summed E-state index contributed by atoms with van der Waals surface area (Å²) in [6.45, 7) is 10.5. The third kappa shape index (κ3) is 3.25. The first-order valence-electron chi connectivity index (χ1n) is 6.59. The molecule has 0 saturated carbocycles. The van der Waals surface area contributed by atoms with E-state index in [1.54, 1.807) is 0 Å². The third-order valence-electron chi connectivity index (χ3n) is 3.19. The van der Waals surface area contributed by atoms with Crippen molar-refractivity contribution in [1.29, 1.82) is 0 Å². The Labute approximate surface area is 110 Å². The van der Waals surface area contributed by atoms with Gasteiger partial charge in [0.1, 0.15) is 0 Å². The van der Waals surface area contributed by atoms with Gasteiger partial charge in [0.2, 0.25) is 0 Å². The molecule has 0 spiro atoms. The summed E-state index contributed by atoms with van der Waals surface area (Å²) in [5.41, 5.74) is 2.88. The van der Waals surface area contributed by atoms with Gasteiger partial charge >= 0.3 is 0 Å². The van der Waals surface area contributed by atoms with Gasteiger partial charge in [0.25, 0.3) is 0 Å². The zero-order chi connectivity index (χ0) is 13.2. The molecule has 0 amide bonds. The normalized spacial score (nSPS) is 19.3. The van der Waals surface area contributed by atoms with Gasteiger partial charge in [-0.1, -0.05) is 45.0 Å². The summed E-state index contributed by atoms with van der Waals surface area (Å²) in [6, 6.07) is 9.25. The molecule has 2 rings (SSSR count). The van der Waals surface area contributed by atoms with Gasteiger partial charge < -0.3 is 10.6 Å². The molecule has 1 aliphatic rings. The number of aliphatic imine (C=N–C) groups is 1. The number of guanidine groups is 1. The number of benzene rings is 1. The van der Waals surface area contributed by atoms with E-state index >= 15 is 0 Å². The number of rotatable bonds is 2. The van der Waals surface area contributed by atoms with E-state index in [1.807, 2.05) is 0 Å². The molecule has 1 aliphatic heterocycles. The molecule has 1 atom stereocenters. The molecule has 3 nitrogen and oxygen atoms in total. The van der Waals surface area contributed by atoms with Gasteiger partial charge in [-0.2, -0.15) is 0 Å². The zero-order valence-corrected chi connectivity index (χ0v) is 11.7. The van der Waals surface area contributed by atoms with E-state index in [9.17, 15) is 0 Å². The summed E-state index contributed by atoms with van der Waals surface area (Å²) in [5.74, 6) is 0.919. The summed E-state index contributed by atoms with van der Waals surface area (Å²) in [4.78, 5) is 4.38. The fourth-order valence-electron chi connectivity index (χ4n) is 1.97. The standard InChI is InChI=1S/C15H23N3/c1-11-9-16-14(18-11)17-10-12-5-7-13(8-6-12)15(2,3)4/h5-8,11H,9-10H2,1-4H3,(H2,16,17,18). The Morgan fingerprint density at radius 2 is 1.94 bits per heavy atom. The van der Waals surface area contributed by atoms with Crippen molar-refractivity contribution in [2.75, 3.05) is 6.54 Å². The molecule has 1 unspecified atom stereocenters. The van der Waals surface area contributed by atoms with E-state index in [0.29, 0.717) is 6.04 Å². The van der Waals surface area contributed by atoms with Crippen molar-refractivity contribution < 1.29 is 0 Å². The Morgan fingerprint density at radius 1 is 1.28 bits per heavy atom. The van der Waals surface area contributed by atoms with Gasteiger partial charge in [0.05, 0.1) is 6.54 Å². The van der Waals surface area contributed by atoms with Crippen molar-refractivity contribution in [3.8, 4) is 0 Å². The summed E-state index contributed by atoms with van der Waals surface area (Å²) in [6.07, 6.45) is 0. The number of nitrogens with zero attached hydrogens (tertiary/aromatic N) is 1. The van der Waals surface area contributed by atoms with Crippen molar-refractivity contribution in [3.63, 3.8) is 0 Å². The van der Waals surface area contributed by atoms with Gasteiger partial charge in [0, 0.05) is 12.6 Å². The molecule has 1 aromatic rings. The zero-order valence-electron chi connectivity index (χ0n) is 11.7. The van der Waals surface area contributed by atoms with E-state index in [2.05, 4.69) is 67.6 Å². The van der Waals surface area contributed by atoms with Gasteiger partial charge in [-0.3, -0.25) is 4.99 Å². The second kappa shape index (κ2) is 5.01. The van der Waals surface area contributed by atoms with Crippen LogP contribution >= 0.6 is 0 Å². The minimum atomic E-state index is 0.221. The second-order valence-electron chi connectivity index (χ2n) is 6.04. The highest BCUT2D eigenvalue weighted by atomic mass is 15.2. The number of nitrogens with one attached hydrogen (secondary N) is 2. The van der Waals surface area contributed by atoms with Gasteiger partial charge in [-0.15, -0.1) is 0 Å². The minimum Gasteiger partial charge on any atom is -0.352 e. The minimum absolute atomic E-state index is 0.221. The van der Waals surface area contributed by atoms with Crippen LogP contribution in [0.25, 0.3) is 0 Å².